The van der Waals surface area contributed by atoms with Crippen LogP contribution < -0.4 is 5.73 Å². The number of nitrogens with zero attached hydrogens (tertiary/aromatic N) is 2. The van der Waals surface area contributed by atoms with Crippen LogP contribution in [-0.2, 0) is 0 Å². The van der Waals surface area contributed by atoms with Gasteiger partial charge in [-0.05, 0) is 37.8 Å². The van der Waals surface area contributed by atoms with E-state index in [-0.39, 0.29) is 17.5 Å². The number of guanidine groups is 1. The van der Waals surface area contributed by atoms with Crippen molar-refractivity contribution in [3.8, 4) is 0 Å². The summed E-state index contributed by atoms with van der Waals surface area (Å²) in [6, 6.07) is 3.90. The van der Waals surface area contributed by atoms with Crippen molar-refractivity contribution in [3.05, 3.63) is 35.4 Å². The molecule has 3 nitrogen and oxygen atoms in total. The van der Waals surface area contributed by atoms with Crippen molar-refractivity contribution in [1.82, 2.24) is 4.90 Å². The number of halogens is 2. The minimum Gasteiger partial charge on any atom is -0.370 e. The molecule has 1 aromatic rings. The Morgan fingerprint density at radius 2 is 1.80 bits per heavy atom. The van der Waals surface area contributed by atoms with E-state index in [2.05, 4.69) is 9.89 Å². The summed E-state index contributed by atoms with van der Waals surface area (Å²) in [5.41, 5.74) is 6.15. The molecule has 0 amide bonds. The van der Waals surface area contributed by atoms with Crippen LogP contribution in [0.3, 0.4) is 0 Å². The van der Waals surface area contributed by atoms with Gasteiger partial charge in [-0.1, -0.05) is 6.07 Å². The molecule has 2 aliphatic rings. The Balaban J connectivity index is 1.69. The molecule has 20 heavy (non-hydrogen) atoms. The van der Waals surface area contributed by atoms with Gasteiger partial charge in [0.15, 0.2) is 5.96 Å². The standard InChI is InChI=1S/C15H19F2N3/c16-11-5-4-6-12(17)14(11)10-9-13(10)19-15(18)20-7-2-1-3-8-20/h4-6,10,13H,1-3,7-9H2,(H2,18,19). The van der Waals surface area contributed by atoms with Crippen LogP contribution in [-0.4, -0.2) is 30.0 Å². The summed E-state index contributed by atoms with van der Waals surface area (Å²) in [6.07, 6.45) is 4.17. The van der Waals surface area contributed by atoms with Gasteiger partial charge >= 0.3 is 0 Å². The molecule has 5 heteroatoms. The molecule has 1 heterocycles. The van der Waals surface area contributed by atoms with Crippen LogP contribution in [0.15, 0.2) is 23.2 Å². The number of rotatable bonds is 2. The van der Waals surface area contributed by atoms with Crippen LogP contribution in [0, 0.1) is 11.6 Å². The zero-order valence-electron chi connectivity index (χ0n) is 11.4. The third kappa shape index (κ3) is 2.62. The molecule has 2 unspecified atom stereocenters. The van der Waals surface area contributed by atoms with E-state index in [0.29, 0.717) is 12.4 Å². The van der Waals surface area contributed by atoms with E-state index in [0.717, 1.165) is 25.9 Å². The fourth-order valence-corrected chi connectivity index (χ4v) is 2.87. The Morgan fingerprint density at radius 1 is 1.15 bits per heavy atom. The molecule has 1 aromatic carbocycles. The average molecular weight is 279 g/mol. The van der Waals surface area contributed by atoms with E-state index in [1.807, 2.05) is 0 Å². The Kier molecular flexibility index (Phi) is 3.59. The van der Waals surface area contributed by atoms with E-state index in [1.165, 1.54) is 24.6 Å². The Morgan fingerprint density at radius 3 is 2.45 bits per heavy atom. The molecule has 1 saturated carbocycles. The molecule has 0 radical (unpaired) electrons. The molecule has 2 atom stereocenters. The molecule has 1 aliphatic carbocycles. The van der Waals surface area contributed by atoms with Gasteiger partial charge in [0.05, 0.1) is 6.04 Å². The minimum absolute atomic E-state index is 0.0803. The Labute approximate surface area is 117 Å². The third-order valence-electron chi connectivity index (χ3n) is 4.11. The molecule has 108 valence electrons. The normalized spacial score (nSPS) is 26.7. The van der Waals surface area contributed by atoms with Gasteiger partial charge in [0.1, 0.15) is 11.6 Å². The molecular weight excluding hydrogens is 260 g/mol. The topological polar surface area (TPSA) is 41.6 Å². The van der Waals surface area contributed by atoms with Gasteiger partial charge in [0, 0.05) is 24.6 Å². The van der Waals surface area contributed by atoms with Crippen LogP contribution in [0.5, 0.6) is 0 Å². The van der Waals surface area contributed by atoms with Crippen molar-refractivity contribution in [2.45, 2.75) is 37.6 Å². The molecule has 2 N–H and O–H groups in total. The molecule has 3 rings (SSSR count). The summed E-state index contributed by atoms with van der Waals surface area (Å²) in [5.74, 6) is -0.609. The summed E-state index contributed by atoms with van der Waals surface area (Å²) < 4.78 is 27.4. The lowest BCUT2D eigenvalue weighted by atomic mass is 10.1. The molecule has 2 fully saturated rings. The smallest absolute Gasteiger partial charge is 0.191 e. The van der Waals surface area contributed by atoms with Crippen LogP contribution in [0.25, 0.3) is 0 Å². The van der Waals surface area contributed by atoms with Gasteiger partial charge in [-0.15, -0.1) is 0 Å². The summed E-state index contributed by atoms with van der Waals surface area (Å²) in [6.45, 7) is 1.86. The Hall–Kier alpha value is -1.65. The lowest BCUT2D eigenvalue weighted by Crippen LogP contribution is -2.41. The lowest BCUT2D eigenvalue weighted by Gasteiger charge is -2.27. The largest absolute Gasteiger partial charge is 0.370 e. The van der Waals surface area contributed by atoms with Gasteiger partial charge < -0.3 is 10.6 Å². The number of hydrogen-bond acceptors (Lipinski definition) is 1. The first-order chi connectivity index (χ1) is 9.66. The SMILES string of the molecule is NC(=NC1CC1c1c(F)cccc1F)N1CCCCC1. The minimum atomic E-state index is -0.482. The van der Waals surface area contributed by atoms with Gasteiger partial charge in [0.2, 0.25) is 0 Å². The van der Waals surface area contributed by atoms with Crippen molar-refractivity contribution < 1.29 is 8.78 Å². The number of benzene rings is 1. The van der Waals surface area contributed by atoms with Crippen molar-refractivity contribution in [2.75, 3.05) is 13.1 Å². The van der Waals surface area contributed by atoms with Gasteiger partial charge in [0.25, 0.3) is 0 Å². The van der Waals surface area contributed by atoms with Crippen molar-refractivity contribution in [1.29, 1.82) is 0 Å². The summed E-state index contributed by atoms with van der Waals surface area (Å²) in [4.78, 5) is 6.51. The monoisotopic (exact) mass is 279 g/mol. The van der Waals surface area contributed by atoms with E-state index in [1.54, 1.807) is 0 Å². The molecular formula is C15H19F2N3. The van der Waals surface area contributed by atoms with Crippen LogP contribution in [0.4, 0.5) is 8.78 Å². The second-order valence-corrected chi connectivity index (χ2v) is 5.58. The number of likely N-dealkylation sites (tertiary alicyclic amines) is 1. The Bertz CT molecular complexity index is 504. The number of nitrogens with two attached hydrogens (primary N) is 1. The molecule has 0 spiro atoms. The number of aliphatic imine (C=N–C) groups is 1. The van der Waals surface area contributed by atoms with E-state index < -0.39 is 11.6 Å². The third-order valence-corrected chi connectivity index (χ3v) is 4.11. The fraction of sp³-hybridized carbons (Fsp3) is 0.533. The highest BCUT2D eigenvalue weighted by molar-refractivity contribution is 5.78. The van der Waals surface area contributed by atoms with Crippen molar-refractivity contribution in [3.63, 3.8) is 0 Å². The maximum Gasteiger partial charge on any atom is 0.191 e. The predicted molar refractivity (Wildman–Crippen MR) is 74.6 cm³/mol. The van der Waals surface area contributed by atoms with E-state index in [9.17, 15) is 8.78 Å². The summed E-state index contributed by atoms with van der Waals surface area (Å²) >= 11 is 0. The molecule has 1 aliphatic heterocycles. The predicted octanol–water partition coefficient (Wildman–Crippen LogP) is 2.62. The van der Waals surface area contributed by atoms with Gasteiger partial charge in [-0.25, -0.2) is 13.8 Å². The zero-order chi connectivity index (χ0) is 14.1. The van der Waals surface area contributed by atoms with Gasteiger partial charge in [-0.3, -0.25) is 0 Å². The highest BCUT2D eigenvalue weighted by Gasteiger charge is 2.42. The first kappa shape index (κ1) is 13.3. The number of piperidine rings is 1. The molecule has 1 saturated heterocycles. The maximum atomic E-state index is 13.7. The van der Waals surface area contributed by atoms with Crippen molar-refractivity contribution >= 4 is 5.96 Å². The number of hydrogen-bond donors (Lipinski definition) is 1. The van der Waals surface area contributed by atoms with Crippen molar-refractivity contribution in [2.24, 2.45) is 10.7 Å². The highest BCUT2D eigenvalue weighted by Crippen LogP contribution is 2.45. The zero-order valence-corrected chi connectivity index (χ0v) is 11.4. The van der Waals surface area contributed by atoms with E-state index >= 15 is 0 Å². The van der Waals surface area contributed by atoms with Crippen LogP contribution >= 0.6 is 0 Å². The van der Waals surface area contributed by atoms with Crippen LogP contribution in [0.2, 0.25) is 0 Å². The van der Waals surface area contributed by atoms with E-state index in [4.69, 9.17) is 5.73 Å². The summed E-state index contributed by atoms with van der Waals surface area (Å²) in [5, 5.41) is 0. The fourth-order valence-electron chi connectivity index (χ4n) is 2.87. The first-order valence-electron chi connectivity index (χ1n) is 7.19. The molecule has 0 bridgehead atoms. The maximum absolute atomic E-state index is 13.7. The first-order valence-corrected chi connectivity index (χ1v) is 7.19. The second-order valence-electron chi connectivity index (χ2n) is 5.58. The quantitative estimate of drug-likeness (QED) is 0.668. The lowest BCUT2D eigenvalue weighted by molar-refractivity contribution is 0.338. The second kappa shape index (κ2) is 5.38. The highest BCUT2D eigenvalue weighted by atomic mass is 19.1. The molecule has 0 aromatic heterocycles. The summed E-state index contributed by atoms with van der Waals surface area (Å²) in [7, 11) is 0. The van der Waals surface area contributed by atoms with Crippen LogP contribution in [0.1, 0.15) is 37.2 Å². The average Bonchev–Trinajstić information content (AvgIpc) is 3.18. The van der Waals surface area contributed by atoms with Gasteiger partial charge in [-0.2, -0.15) is 0 Å².